The number of carbonyl (C=O) groups is 3. The molecule has 0 aromatic heterocycles. The van der Waals surface area contributed by atoms with Crippen LogP contribution in [-0.2, 0) is 22.2 Å². The van der Waals surface area contributed by atoms with Crippen molar-refractivity contribution in [2.24, 2.45) is 0 Å². The first-order valence-electron chi connectivity index (χ1n) is 10.4. The van der Waals surface area contributed by atoms with Crippen LogP contribution < -0.4 is 14.8 Å². The number of nitrogens with one attached hydrogen (secondary N) is 1. The number of hydrogen-bond acceptors (Lipinski definition) is 6. The minimum absolute atomic E-state index is 0.0436. The molecule has 190 valence electrons. The molecule has 0 spiro atoms. The topological polar surface area (TPSA) is 122 Å². The van der Waals surface area contributed by atoms with Gasteiger partial charge in [0.15, 0.2) is 5.78 Å². The van der Waals surface area contributed by atoms with Crippen LogP contribution in [0.1, 0.15) is 48.2 Å². The highest BCUT2D eigenvalue weighted by Crippen LogP contribution is 2.40. The lowest BCUT2D eigenvalue weighted by Gasteiger charge is -2.17. The summed E-state index contributed by atoms with van der Waals surface area (Å²) in [4.78, 5) is 33.7. The second-order valence-corrected chi connectivity index (χ2v) is 7.79. The highest BCUT2D eigenvalue weighted by Gasteiger charge is 2.35. The number of phenolic OH excluding ortho intramolecular Hbond substituents is 1. The zero-order chi connectivity index (χ0) is 26.3. The molecule has 0 saturated carbocycles. The van der Waals surface area contributed by atoms with Gasteiger partial charge in [-0.15, -0.1) is 0 Å². The summed E-state index contributed by atoms with van der Waals surface area (Å²) in [6.07, 6.45) is -3.47. The van der Waals surface area contributed by atoms with Gasteiger partial charge in [0.2, 0.25) is 0 Å². The maximum Gasteiger partial charge on any atom is 0.418 e. The van der Waals surface area contributed by atoms with E-state index in [9.17, 15) is 32.7 Å². The number of aliphatic carboxylic acids is 1. The molecule has 2 aromatic rings. The van der Waals surface area contributed by atoms with Gasteiger partial charge in [0.25, 0.3) is 0 Å². The molecule has 0 heterocycles. The van der Waals surface area contributed by atoms with E-state index in [0.717, 1.165) is 6.07 Å². The van der Waals surface area contributed by atoms with Crippen molar-refractivity contribution in [3.63, 3.8) is 0 Å². The Bertz CT molecular complexity index is 1120. The van der Waals surface area contributed by atoms with Gasteiger partial charge in [-0.2, -0.15) is 13.2 Å². The number of benzene rings is 2. The first-order valence-corrected chi connectivity index (χ1v) is 10.8. The number of Topliss-reactive ketones (excluding diaryl/α,β-unsaturated/α-hetero) is 1. The number of aromatic hydroxyl groups is 1. The number of halogens is 4. The van der Waals surface area contributed by atoms with Crippen molar-refractivity contribution < 1.29 is 47.2 Å². The molecule has 3 N–H and O–H groups in total. The average molecular weight is 518 g/mol. The van der Waals surface area contributed by atoms with Crippen molar-refractivity contribution in [2.45, 2.75) is 39.3 Å². The van der Waals surface area contributed by atoms with Crippen molar-refractivity contribution >= 4 is 34.9 Å². The second kappa shape index (κ2) is 11.8. The van der Waals surface area contributed by atoms with Gasteiger partial charge in [0.1, 0.15) is 17.2 Å². The number of rotatable bonds is 10. The number of ketones is 1. The summed E-state index contributed by atoms with van der Waals surface area (Å²) in [5.74, 6) is -3.85. The van der Waals surface area contributed by atoms with Gasteiger partial charge in [-0.25, -0.2) is 4.79 Å². The van der Waals surface area contributed by atoms with Crippen LogP contribution in [0.25, 0.3) is 0 Å². The molecule has 0 radical (unpaired) electrons. The van der Waals surface area contributed by atoms with Gasteiger partial charge in [-0.3, -0.25) is 9.59 Å². The third-order valence-electron chi connectivity index (χ3n) is 4.74. The van der Waals surface area contributed by atoms with Crippen molar-refractivity contribution in [3.8, 4) is 17.2 Å². The molecule has 8 nitrogen and oxygen atoms in total. The summed E-state index contributed by atoms with van der Waals surface area (Å²) in [7, 11) is 0. The van der Waals surface area contributed by atoms with E-state index >= 15 is 0 Å². The van der Waals surface area contributed by atoms with Crippen LogP contribution in [0.3, 0.4) is 0 Å². The van der Waals surface area contributed by atoms with E-state index < -0.39 is 29.3 Å². The van der Waals surface area contributed by atoms with E-state index in [1.165, 1.54) is 13.0 Å². The Labute approximate surface area is 203 Å². The molecule has 12 heteroatoms. The molecule has 0 aliphatic carbocycles. The van der Waals surface area contributed by atoms with Crippen LogP contribution in [0, 0.1) is 0 Å². The average Bonchev–Trinajstić information content (AvgIpc) is 2.76. The zero-order valence-electron chi connectivity index (χ0n) is 18.8. The van der Waals surface area contributed by atoms with E-state index in [1.54, 1.807) is 11.4 Å². The monoisotopic (exact) mass is 517 g/mol. The lowest BCUT2D eigenvalue weighted by Crippen LogP contribution is -2.24. The van der Waals surface area contributed by atoms with E-state index in [2.05, 4.69) is 0 Å². The van der Waals surface area contributed by atoms with Crippen LogP contribution in [-0.4, -0.2) is 41.1 Å². The molecule has 0 unspecified atom stereocenters. The van der Waals surface area contributed by atoms with E-state index in [-0.39, 0.29) is 47.5 Å². The van der Waals surface area contributed by atoms with Crippen molar-refractivity contribution in [1.29, 1.82) is 0 Å². The van der Waals surface area contributed by atoms with Gasteiger partial charge in [0, 0.05) is 18.1 Å². The Kier molecular flexibility index (Phi) is 9.35. The highest BCUT2D eigenvalue weighted by molar-refractivity contribution is 6.37. The van der Waals surface area contributed by atoms with Gasteiger partial charge < -0.3 is 25.0 Å². The maximum atomic E-state index is 13.3. The molecular weight excluding hydrogens is 495 g/mol. The van der Waals surface area contributed by atoms with Crippen LogP contribution in [0.5, 0.6) is 17.2 Å². The van der Waals surface area contributed by atoms with Crippen LogP contribution in [0.15, 0.2) is 24.3 Å². The summed E-state index contributed by atoms with van der Waals surface area (Å²) in [6, 6.07) is 4.36. The van der Waals surface area contributed by atoms with Crippen molar-refractivity contribution in [2.75, 3.05) is 18.5 Å². The van der Waals surface area contributed by atoms with E-state index in [1.807, 2.05) is 6.92 Å². The van der Waals surface area contributed by atoms with Crippen LogP contribution >= 0.6 is 11.6 Å². The predicted molar refractivity (Wildman–Crippen MR) is 120 cm³/mol. The summed E-state index contributed by atoms with van der Waals surface area (Å²) < 4.78 is 50.9. The number of phenols is 1. The quantitative estimate of drug-likeness (QED) is 0.228. The third kappa shape index (κ3) is 7.25. The number of amides is 1. The summed E-state index contributed by atoms with van der Waals surface area (Å²) in [5.41, 5.74) is -1.46. The minimum Gasteiger partial charge on any atom is -0.507 e. The zero-order valence-corrected chi connectivity index (χ0v) is 19.5. The Hall–Kier alpha value is -3.47. The third-order valence-corrected chi connectivity index (χ3v) is 5.04. The highest BCUT2D eigenvalue weighted by atomic mass is 35.5. The second-order valence-electron chi connectivity index (χ2n) is 7.38. The van der Waals surface area contributed by atoms with Gasteiger partial charge >= 0.3 is 18.1 Å². The van der Waals surface area contributed by atoms with Crippen LogP contribution in [0.2, 0.25) is 5.02 Å². The van der Waals surface area contributed by atoms with Crippen molar-refractivity contribution in [1.82, 2.24) is 0 Å². The fraction of sp³-hybridized carbons (Fsp3) is 0.348. The van der Waals surface area contributed by atoms with Crippen molar-refractivity contribution in [3.05, 3.63) is 46.0 Å². The Morgan fingerprint density at radius 1 is 1.09 bits per heavy atom. The summed E-state index contributed by atoms with van der Waals surface area (Å²) >= 11 is 5.89. The minimum atomic E-state index is -4.91. The smallest absolute Gasteiger partial charge is 0.418 e. The summed E-state index contributed by atoms with van der Waals surface area (Å²) in [5, 5.41) is 20.3. The van der Waals surface area contributed by atoms with E-state index in [0.29, 0.717) is 30.2 Å². The van der Waals surface area contributed by atoms with Gasteiger partial charge in [-0.05, 0) is 31.5 Å². The number of anilines is 1. The number of hydrogen-bond donors (Lipinski definition) is 3. The molecule has 0 aliphatic heterocycles. The number of carboxylic acid groups (broad SMARTS) is 1. The predicted octanol–water partition coefficient (Wildman–Crippen LogP) is 5.09. The molecule has 0 fully saturated rings. The standard InChI is InChI=1S/C23H23ClF3NO7/c1-3-5-14-18(7-6-13(12(2)29)20(14)30)34-8-4-9-35-19-11-17(28-21(31)22(32)33)15(10-16(19)24)23(25,26)27/h6-7,10-11,30H,3-5,8-9H2,1-2H3,(H,28,31)(H,32,33). The molecule has 0 atom stereocenters. The summed E-state index contributed by atoms with van der Waals surface area (Å²) in [6.45, 7) is 3.31. The SMILES string of the molecule is CCCc1c(OCCCOc2cc(NC(=O)C(=O)O)c(C(F)(F)F)cc2Cl)ccc(C(C)=O)c1O. The molecule has 2 aromatic carbocycles. The fourth-order valence-corrected chi connectivity index (χ4v) is 3.35. The molecule has 35 heavy (non-hydrogen) atoms. The Morgan fingerprint density at radius 3 is 2.26 bits per heavy atom. The molecule has 0 bridgehead atoms. The fourth-order valence-electron chi connectivity index (χ4n) is 3.13. The Morgan fingerprint density at radius 2 is 1.71 bits per heavy atom. The largest absolute Gasteiger partial charge is 0.507 e. The molecular formula is C23H23ClF3NO7. The van der Waals surface area contributed by atoms with E-state index in [4.69, 9.17) is 26.2 Å². The number of carbonyl (C=O) groups excluding carboxylic acids is 2. The number of carboxylic acids is 1. The van der Waals surface area contributed by atoms with Gasteiger partial charge in [-0.1, -0.05) is 24.9 Å². The van der Waals surface area contributed by atoms with Crippen LogP contribution in [0.4, 0.5) is 18.9 Å². The van der Waals surface area contributed by atoms with Gasteiger partial charge in [0.05, 0.1) is 35.1 Å². The molecule has 0 saturated heterocycles. The molecule has 0 aliphatic rings. The lowest BCUT2D eigenvalue weighted by molar-refractivity contribution is -0.147. The first-order chi connectivity index (χ1) is 16.4. The number of ether oxygens (including phenoxy) is 2. The molecule has 2 rings (SSSR count). The maximum absolute atomic E-state index is 13.3. The first kappa shape index (κ1) is 27.8. The molecule has 1 amide bonds. The lowest BCUT2D eigenvalue weighted by atomic mass is 10.0. The Balaban J connectivity index is 2.09. The normalized spacial score (nSPS) is 11.1. The number of alkyl halides is 3.